The lowest BCUT2D eigenvalue weighted by molar-refractivity contribution is 0.139. The highest BCUT2D eigenvalue weighted by Crippen LogP contribution is 2.20. The van der Waals surface area contributed by atoms with Crippen LogP contribution in [0.25, 0.3) is 0 Å². The predicted octanol–water partition coefficient (Wildman–Crippen LogP) is 2.25. The Kier molecular flexibility index (Phi) is 5.49. The lowest BCUT2D eigenvalue weighted by Gasteiger charge is -2.36. The highest BCUT2D eigenvalue weighted by atomic mass is 15.2. The minimum absolute atomic E-state index is 0.678. The van der Waals surface area contributed by atoms with Crippen LogP contribution in [0.4, 0.5) is 0 Å². The maximum Gasteiger partial charge on any atom is 0.0110 e. The topological polar surface area (TPSA) is 15.3 Å². The lowest BCUT2D eigenvalue weighted by Crippen LogP contribution is -2.43. The number of nitrogens with zero attached hydrogens (tertiary/aromatic N) is 1. The van der Waals surface area contributed by atoms with Gasteiger partial charge in [0.2, 0.25) is 0 Å². The van der Waals surface area contributed by atoms with Crippen molar-refractivity contribution in [3.05, 3.63) is 0 Å². The Hall–Kier alpha value is -0.0800. The molecule has 1 N–H and O–H groups in total. The van der Waals surface area contributed by atoms with E-state index in [1.807, 2.05) is 0 Å². The summed E-state index contributed by atoms with van der Waals surface area (Å²) in [4.78, 5) is 2.65. The monoisotopic (exact) mass is 198 g/mol. The molecule has 0 aromatic heterocycles. The molecule has 1 fully saturated rings. The molecule has 0 bridgehead atoms. The van der Waals surface area contributed by atoms with Gasteiger partial charge in [0, 0.05) is 12.1 Å². The smallest absolute Gasteiger partial charge is 0.0110 e. The Balaban J connectivity index is 2.32. The fourth-order valence-corrected chi connectivity index (χ4v) is 2.58. The van der Waals surface area contributed by atoms with Gasteiger partial charge in [0.1, 0.15) is 0 Å². The fraction of sp³-hybridized carbons (Fsp3) is 1.00. The first-order chi connectivity index (χ1) is 6.77. The van der Waals surface area contributed by atoms with Crippen LogP contribution < -0.4 is 5.32 Å². The Bertz CT molecular complexity index is 147. The Morgan fingerprint density at radius 1 is 1.36 bits per heavy atom. The summed E-state index contributed by atoms with van der Waals surface area (Å²) in [5.41, 5.74) is 0. The quantitative estimate of drug-likeness (QED) is 0.729. The van der Waals surface area contributed by atoms with Crippen LogP contribution in [0.15, 0.2) is 0 Å². The van der Waals surface area contributed by atoms with E-state index in [0.29, 0.717) is 6.04 Å². The number of hydrogen-bond acceptors (Lipinski definition) is 2. The van der Waals surface area contributed by atoms with Gasteiger partial charge in [-0.2, -0.15) is 0 Å². The summed E-state index contributed by atoms with van der Waals surface area (Å²) in [5, 5.41) is 3.51. The van der Waals surface area contributed by atoms with Crippen molar-refractivity contribution < 1.29 is 0 Å². The van der Waals surface area contributed by atoms with Crippen molar-refractivity contribution in [3.8, 4) is 0 Å². The average Bonchev–Trinajstić information content (AvgIpc) is 2.19. The van der Waals surface area contributed by atoms with Crippen LogP contribution in [-0.2, 0) is 0 Å². The summed E-state index contributed by atoms with van der Waals surface area (Å²) in [6.07, 6.45) is 5.56. The van der Waals surface area contributed by atoms with Crippen molar-refractivity contribution in [1.82, 2.24) is 10.2 Å². The average molecular weight is 198 g/mol. The normalized spacial score (nSPS) is 26.4. The standard InChI is InChI=1S/C12H26N2/c1-4-13-11(3)10-12-8-6-7-9-14(12)5-2/h11-13H,4-10H2,1-3H3. The molecule has 1 aliphatic rings. The van der Waals surface area contributed by atoms with E-state index in [1.54, 1.807) is 0 Å². The molecule has 0 aromatic carbocycles. The minimum Gasteiger partial charge on any atom is -0.314 e. The number of hydrogen-bond donors (Lipinski definition) is 1. The molecule has 1 heterocycles. The van der Waals surface area contributed by atoms with Crippen LogP contribution in [0.5, 0.6) is 0 Å². The summed E-state index contributed by atoms with van der Waals surface area (Å²) in [6, 6.07) is 1.51. The Labute approximate surface area is 89.1 Å². The summed E-state index contributed by atoms with van der Waals surface area (Å²) in [6.45, 7) is 10.4. The molecular formula is C12H26N2. The summed E-state index contributed by atoms with van der Waals surface area (Å²) >= 11 is 0. The van der Waals surface area contributed by atoms with Gasteiger partial charge in [-0.15, -0.1) is 0 Å². The third-order valence-electron chi connectivity index (χ3n) is 3.33. The first-order valence-corrected chi connectivity index (χ1v) is 6.25. The fourth-order valence-electron chi connectivity index (χ4n) is 2.58. The van der Waals surface area contributed by atoms with Crippen LogP contribution in [0, 0.1) is 0 Å². The molecule has 2 heteroatoms. The lowest BCUT2D eigenvalue weighted by atomic mass is 9.96. The molecule has 0 saturated carbocycles. The van der Waals surface area contributed by atoms with E-state index >= 15 is 0 Å². The van der Waals surface area contributed by atoms with Crippen molar-refractivity contribution in [2.75, 3.05) is 19.6 Å². The van der Waals surface area contributed by atoms with Crippen molar-refractivity contribution in [2.24, 2.45) is 0 Å². The van der Waals surface area contributed by atoms with Crippen LogP contribution >= 0.6 is 0 Å². The molecule has 0 aliphatic carbocycles. The maximum absolute atomic E-state index is 3.51. The van der Waals surface area contributed by atoms with E-state index in [0.717, 1.165) is 12.6 Å². The second-order valence-electron chi connectivity index (χ2n) is 4.47. The first kappa shape index (κ1) is 12.0. The van der Waals surface area contributed by atoms with Crippen LogP contribution in [0.3, 0.4) is 0 Å². The number of rotatable bonds is 5. The summed E-state index contributed by atoms with van der Waals surface area (Å²) in [5.74, 6) is 0. The minimum atomic E-state index is 0.678. The molecule has 14 heavy (non-hydrogen) atoms. The van der Waals surface area contributed by atoms with Gasteiger partial charge in [-0.3, -0.25) is 0 Å². The first-order valence-electron chi connectivity index (χ1n) is 6.25. The Morgan fingerprint density at radius 2 is 2.14 bits per heavy atom. The molecule has 1 rings (SSSR count). The number of likely N-dealkylation sites (tertiary alicyclic amines) is 1. The molecule has 84 valence electrons. The Morgan fingerprint density at radius 3 is 2.79 bits per heavy atom. The van der Waals surface area contributed by atoms with Crippen LogP contribution in [-0.4, -0.2) is 36.6 Å². The highest BCUT2D eigenvalue weighted by molar-refractivity contribution is 4.79. The van der Waals surface area contributed by atoms with Crippen LogP contribution in [0.2, 0.25) is 0 Å². The van der Waals surface area contributed by atoms with Gasteiger partial charge < -0.3 is 10.2 Å². The number of nitrogens with one attached hydrogen (secondary N) is 1. The van der Waals surface area contributed by atoms with Gasteiger partial charge in [-0.1, -0.05) is 20.3 Å². The molecular weight excluding hydrogens is 172 g/mol. The molecule has 1 aliphatic heterocycles. The molecule has 2 nitrogen and oxygen atoms in total. The van der Waals surface area contributed by atoms with E-state index < -0.39 is 0 Å². The van der Waals surface area contributed by atoms with Gasteiger partial charge in [0.25, 0.3) is 0 Å². The van der Waals surface area contributed by atoms with Crippen LogP contribution in [0.1, 0.15) is 46.5 Å². The summed E-state index contributed by atoms with van der Waals surface area (Å²) in [7, 11) is 0. The van der Waals surface area contributed by atoms with Gasteiger partial charge >= 0.3 is 0 Å². The van der Waals surface area contributed by atoms with E-state index in [2.05, 4.69) is 31.0 Å². The SMILES string of the molecule is CCNC(C)CC1CCCCN1CC. The zero-order valence-electron chi connectivity index (χ0n) is 10.1. The summed E-state index contributed by atoms with van der Waals surface area (Å²) < 4.78 is 0. The van der Waals surface area contributed by atoms with Crippen molar-refractivity contribution >= 4 is 0 Å². The molecule has 2 atom stereocenters. The third kappa shape index (κ3) is 3.58. The van der Waals surface area contributed by atoms with Crippen molar-refractivity contribution in [1.29, 1.82) is 0 Å². The van der Waals surface area contributed by atoms with E-state index in [4.69, 9.17) is 0 Å². The molecule has 0 spiro atoms. The van der Waals surface area contributed by atoms with Gasteiger partial charge in [-0.05, 0) is 45.8 Å². The maximum atomic E-state index is 3.51. The largest absolute Gasteiger partial charge is 0.314 e. The third-order valence-corrected chi connectivity index (χ3v) is 3.33. The van der Waals surface area contributed by atoms with Gasteiger partial charge in [-0.25, -0.2) is 0 Å². The molecule has 0 aromatic rings. The molecule has 0 radical (unpaired) electrons. The second kappa shape index (κ2) is 6.41. The molecule has 0 amide bonds. The zero-order valence-corrected chi connectivity index (χ0v) is 10.1. The van der Waals surface area contributed by atoms with E-state index in [-0.39, 0.29) is 0 Å². The van der Waals surface area contributed by atoms with Gasteiger partial charge in [0.15, 0.2) is 0 Å². The van der Waals surface area contributed by atoms with Gasteiger partial charge in [0.05, 0.1) is 0 Å². The number of piperidine rings is 1. The molecule has 2 unspecified atom stereocenters. The van der Waals surface area contributed by atoms with Crippen molar-refractivity contribution in [3.63, 3.8) is 0 Å². The van der Waals surface area contributed by atoms with E-state index in [1.165, 1.54) is 38.8 Å². The van der Waals surface area contributed by atoms with E-state index in [9.17, 15) is 0 Å². The second-order valence-corrected chi connectivity index (χ2v) is 4.47. The zero-order chi connectivity index (χ0) is 10.4. The van der Waals surface area contributed by atoms with Crippen molar-refractivity contribution in [2.45, 2.75) is 58.5 Å². The molecule has 1 saturated heterocycles. The highest BCUT2D eigenvalue weighted by Gasteiger charge is 2.22. The predicted molar refractivity (Wildman–Crippen MR) is 62.6 cm³/mol.